The normalized spacial score (nSPS) is 32.3. The molecule has 0 aliphatic heterocycles. The summed E-state index contributed by atoms with van der Waals surface area (Å²) in [6.07, 6.45) is 12.9. The fourth-order valence-corrected chi connectivity index (χ4v) is 3.65. The molecule has 0 bridgehead atoms. The first-order valence-corrected chi connectivity index (χ1v) is 8.09. The van der Waals surface area contributed by atoms with Crippen LogP contribution in [0.5, 0.6) is 0 Å². The number of hydrogen-bond donors (Lipinski definition) is 1. The zero-order valence-corrected chi connectivity index (χ0v) is 11.9. The molecule has 0 amide bonds. The Bertz CT molecular complexity index is 221. The van der Waals surface area contributed by atoms with Gasteiger partial charge in [0.25, 0.3) is 0 Å². The van der Waals surface area contributed by atoms with E-state index in [1.807, 2.05) is 0 Å². The van der Waals surface area contributed by atoms with Gasteiger partial charge in [-0.3, -0.25) is 0 Å². The van der Waals surface area contributed by atoms with E-state index in [1.165, 1.54) is 64.2 Å². The molecule has 3 atom stereocenters. The molecular weight excluding hydrogens is 224 g/mol. The van der Waals surface area contributed by atoms with E-state index >= 15 is 0 Å². The highest BCUT2D eigenvalue weighted by atomic mass is 16.5. The van der Waals surface area contributed by atoms with Crippen LogP contribution in [0.1, 0.15) is 71.1 Å². The van der Waals surface area contributed by atoms with Gasteiger partial charge >= 0.3 is 0 Å². The van der Waals surface area contributed by atoms with Crippen molar-refractivity contribution in [1.82, 2.24) is 0 Å². The minimum absolute atomic E-state index is 0.215. The highest BCUT2D eigenvalue weighted by Crippen LogP contribution is 2.30. The van der Waals surface area contributed by atoms with Gasteiger partial charge in [0, 0.05) is 0 Å². The van der Waals surface area contributed by atoms with Gasteiger partial charge in [0.2, 0.25) is 0 Å². The lowest BCUT2D eigenvalue weighted by Crippen LogP contribution is -2.31. The van der Waals surface area contributed by atoms with Gasteiger partial charge in [0.05, 0.1) is 18.8 Å². The molecule has 1 N–H and O–H groups in total. The first-order chi connectivity index (χ1) is 8.79. The molecule has 2 aliphatic carbocycles. The van der Waals surface area contributed by atoms with Gasteiger partial charge in [0.1, 0.15) is 0 Å². The van der Waals surface area contributed by atoms with Gasteiger partial charge in [-0.25, -0.2) is 0 Å². The zero-order valence-electron chi connectivity index (χ0n) is 11.9. The number of rotatable bonds is 5. The van der Waals surface area contributed by atoms with E-state index in [0.29, 0.717) is 18.6 Å². The topological polar surface area (TPSA) is 29.5 Å². The maximum absolute atomic E-state index is 10.2. The summed E-state index contributed by atoms with van der Waals surface area (Å²) in [5.41, 5.74) is 0. The van der Waals surface area contributed by atoms with Crippen molar-refractivity contribution in [3.63, 3.8) is 0 Å². The van der Waals surface area contributed by atoms with Crippen molar-refractivity contribution in [2.75, 3.05) is 6.61 Å². The van der Waals surface area contributed by atoms with Crippen LogP contribution in [0.15, 0.2) is 0 Å². The Hall–Kier alpha value is -0.0800. The first kappa shape index (κ1) is 14.3. The number of ether oxygens (including phenoxy) is 1. The average Bonchev–Trinajstić information content (AvgIpc) is 2.46. The van der Waals surface area contributed by atoms with E-state index in [4.69, 9.17) is 4.74 Å². The molecule has 18 heavy (non-hydrogen) atoms. The van der Waals surface area contributed by atoms with Crippen LogP contribution >= 0.6 is 0 Å². The summed E-state index contributed by atoms with van der Waals surface area (Å²) in [5.74, 6) is 1.36. The van der Waals surface area contributed by atoms with E-state index in [1.54, 1.807) is 0 Å². The molecule has 0 radical (unpaired) electrons. The van der Waals surface area contributed by atoms with Crippen molar-refractivity contribution in [2.24, 2.45) is 11.8 Å². The van der Waals surface area contributed by atoms with Crippen molar-refractivity contribution in [3.05, 3.63) is 0 Å². The molecule has 2 nitrogen and oxygen atoms in total. The first-order valence-electron chi connectivity index (χ1n) is 8.09. The SMILES string of the molecule is CCC1CCCC(OCC(O)C2CCCCC2)C1. The Labute approximate surface area is 112 Å². The molecule has 3 unspecified atom stereocenters. The van der Waals surface area contributed by atoms with Crippen molar-refractivity contribution in [1.29, 1.82) is 0 Å². The van der Waals surface area contributed by atoms with Crippen molar-refractivity contribution in [3.8, 4) is 0 Å². The smallest absolute Gasteiger partial charge is 0.0801 e. The van der Waals surface area contributed by atoms with Crippen LogP contribution in [0.2, 0.25) is 0 Å². The summed E-state index contributed by atoms with van der Waals surface area (Å²) >= 11 is 0. The lowest BCUT2D eigenvalue weighted by Gasteiger charge is -2.31. The molecule has 2 saturated carbocycles. The van der Waals surface area contributed by atoms with Gasteiger partial charge in [-0.15, -0.1) is 0 Å². The second kappa shape index (κ2) is 7.49. The quantitative estimate of drug-likeness (QED) is 0.806. The highest BCUT2D eigenvalue weighted by Gasteiger charge is 2.25. The second-order valence-corrected chi connectivity index (χ2v) is 6.36. The monoisotopic (exact) mass is 254 g/mol. The van der Waals surface area contributed by atoms with E-state index in [0.717, 1.165) is 5.92 Å². The van der Waals surface area contributed by atoms with Crippen molar-refractivity contribution in [2.45, 2.75) is 83.3 Å². The van der Waals surface area contributed by atoms with Gasteiger partial charge in [0.15, 0.2) is 0 Å². The molecule has 0 saturated heterocycles. The summed E-state index contributed by atoms with van der Waals surface area (Å²) in [4.78, 5) is 0. The number of hydrogen-bond acceptors (Lipinski definition) is 2. The number of aliphatic hydroxyl groups excluding tert-OH is 1. The highest BCUT2D eigenvalue weighted by molar-refractivity contribution is 4.76. The van der Waals surface area contributed by atoms with E-state index in [9.17, 15) is 5.11 Å². The maximum Gasteiger partial charge on any atom is 0.0801 e. The summed E-state index contributed by atoms with van der Waals surface area (Å²) < 4.78 is 5.98. The lowest BCUT2D eigenvalue weighted by atomic mass is 9.84. The molecule has 0 aromatic rings. The predicted octanol–water partition coefficient (Wildman–Crippen LogP) is 3.91. The molecule has 0 aromatic carbocycles. The van der Waals surface area contributed by atoms with Gasteiger partial charge < -0.3 is 9.84 Å². The Morgan fingerprint density at radius 1 is 1.06 bits per heavy atom. The van der Waals surface area contributed by atoms with Crippen LogP contribution in [-0.4, -0.2) is 23.9 Å². The molecule has 0 heterocycles. The van der Waals surface area contributed by atoms with Crippen molar-refractivity contribution < 1.29 is 9.84 Å². The third-order valence-electron chi connectivity index (χ3n) is 5.01. The maximum atomic E-state index is 10.2. The largest absolute Gasteiger partial charge is 0.390 e. The molecule has 0 aromatic heterocycles. The average molecular weight is 254 g/mol. The van der Waals surface area contributed by atoms with Crippen LogP contribution in [-0.2, 0) is 4.74 Å². The molecule has 2 aliphatic rings. The summed E-state index contributed by atoms with van der Waals surface area (Å²) in [6, 6.07) is 0. The van der Waals surface area contributed by atoms with Crippen LogP contribution in [0.3, 0.4) is 0 Å². The molecule has 2 rings (SSSR count). The third-order valence-corrected chi connectivity index (χ3v) is 5.01. The van der Waals surface area contributed by atoms with Gasteiger partial charge in [-0.2, -0.15) is 0 Å². The minimum atomic E-state index is -0.215. The Kier molecular flexibility index (Phi) is 5.97. The summed E-state index contributed by atoms with van der Waals surface area (Å²) in [6.45, 7) is 2.86. The second-order valence-electron chi connectivity index (χ2n) is 6.36. The zero-order chi connectivity index (χ0) is 12.8. The Morgan fingerprint density at radius 3 is 2.56 bits per heavy atom. The van der Waals surface area contributed by atoms with Crippen LogP contribution < -0.4 is 0 Å². The summed E-state index contributed by atoms with van der Waals surface area (Å²) in [7, 11) is 0. The fourth-order valence-electron chi connectivity index (χ4n) is 3.65. The van der Waals surface area contributed by atoms with Crippen LogP contribution in [0.4, 0.5) is 0 Å². The number of aliphatic hydroxyl groups is 1. The molecule has 0 spiro atoms. The molecule has 106 valence electrons. The molecule has 2 fully saturated rings. The molecular formula is C16H30O2. The molecule has 2 heteroatoms. The Balaban J connectivity index is 1.66. The van der Waals surface area contributed by atoms with Gasteiger partial charge in [-0.1, -0.05) is 45.4 Å². The predicted molar refractivity (Wildman–Crippen MR) is 74.6 cm³/mol. The fraction of sp³-hybridized carbons (Fsp3) is 1.00. The van der Waals surface area contributed by atoms with E-state index < -0.39 is 0 Å². The van der Waals surface area contributed by atoms with E-state index in [2.05, 4.69) is 6.92 Å². The Morgan fingerprint density at radius 2 is 1.83 bits per heavy atom. The van der Waals surface area contributed by atoms with Crippen LogP contribution in [0.25, 0.3) is 0 Å². The van der Waals surface area contributed by atoms with Gasteiger partial charge in [-0.05, 0) is 37.5 Å². The van der Waals surface area contributed by atoms with E-state index in [-0.39, 0.29) is 6.10 Å². The minimum Gasteiger partial charge on any atom is -0.390 e. The standard InChI is InChI=1S/C16H30O2/c1-2-13-7-6-10-15(11-13)18-12-16(17)14-8-4-3-5-9-14/h13-17H,2-12H2,1H3. The van der Waals surface area contributed by atoms with Crippen LogP contribution in [0, 0.1) is 11.8 Å². The summed E-state index contributed by atoms with van der Waals surface area (Å²) in [5, 5.41) is 10.2. The lowest BCUT2D eigenvalue weighted by molar-refractivity contribution is -0.0547. The third kappa shape index (κ3) is 4.24. The van der Waals surface area contributed by atoms with Crippen molar-refractivity contribution >= 4 is 0 Å².